The van der Waals surface area contributed by atoms with Gasteiger partial charge in [0.25, 0.3) is 5.91 Å². The van der Waals surface area contributed by atoms with Crippen molar-refractivity contribution in [3.8, 4) is 0 Å². The molecule has 1 aromatic carbocycles. The van der Waals surface area contributed by atoms with Crippen molar-refractivity contribution in [2.24, 2.45) is 0 Å². The van der Waals surface area contributed by atoms with Crippen molar-refractivity contribution in [3.05, 3.63) is 52.8 Å². The summed E-state index contributed by atoms with van der Waals surface area (Å²) in [5.74, 6) is -1.07. The van der Waals surface area contributed by atoms with Crippen LogP contribution in [-0.4, -0.2) is 21.6 Å². The zero-order chi connectivity index (χ0) is 16.3. The van der Waals surface area contributed by atoms with Crippen molar-refractivity contribution < 1.29 is 14.7 Å². The number of carbonyl (C=O) groups is 2. The Labute approximate surface area is 129 Å². The van der Waals surface area contributed by atoms with Crippen LogP contribution < -0.4 is 5.32 Å². The Balaban J connectivity index is 2.20. The minimum atomic E-state index is -0.894. The lowest BCUT2D eigenvalue weighted by Gasteiger charge is -2.08. The topological polar surface area (TPSA) is 71.3 Å². The summed E-state index contributed by atoms with van der Waals surface area (Å²) in [6, 6.07) is 8.78. The Morgan fingerprint density at radius 3 is 2.55 bits per heavy atom. The largest absolute Gasteiger partial charge is 0.481 e. The highest BCUT2D eigenvalue weighted by Crippen LogP contribution is 2.18. The Morgan fingerprint density at radius 2 is 1.95 bits per heavy atom. The van der Waals surface area contributed by atoms with E-state index in [1.54, 1.807) is 24.3 Å². The number of carbonyl (C=O) groups excluding carboxylic acids is 1. The summed E-state index contributed by atoms with van der Waals surface area (Å²) in [7, 11) is 0. The number of carboxylic acid groups (broad SMARTS) is 1. The molecule has 0 bridgehead atoms. The summed E-state index contributed by atoms with van der Waals surface area (Å²) >= 11 is 0. The second kappa shape index (κ2) is 6.47. The third kappa shape index (κ3) is 3.36. The molecule has 22 heavy (non-hydrogen) atoms. The molecular weight excluding hydrogens is 280 g/mol. The fraction of sp³-hybridized carbons (Fsp3) is 0.294. The first-order chi connectivity index (χ1) is 10.4. The Kier molecular flexibility index (Phi) is 4.65. The summed E-state index contributed by atoms with van der Waals surface area (Å²) in [5.41, 5.74) is 3.88. The van der Waals surface area contributed by atoms with E-state index in [-0.39, 0.29) is 12.3 Å². The number of aromatic nitrogens is 1. The van der Waals surface area contributed by atoms with Crippen LogP contribution in [0.4, 0.5) is 5.69 Å². The molecule has 2 rings (SSSR count). The molecule has 1 amide bonds. The number of benzene rings is 1. The number of nitrogens with one attached hydrogen (secondary N) is 1. The maximum atomic E-state index is 12.4. The lowest BCUT2D eigenvalue weighted by Crippen LogP contribution is -2.13. The third-order valence-corrected chi connectivity index (χ3v) is 3.67. The molecule has 0 aliphatic heterocycles. The van der Waals surface area contributed by atoms with Crippen LogP contribution in [0.2, 0.25) is 0 Å². The lowest BCUT2D eigenvalue weighted by atomic mass is 10.1. The predicted molar refractivity (Wildman–Crippen MR) is 85.3 cm³/mol. The van der Waals surface area contributed by atoms with E-state index < -0.39 is 5.97 Å². The number of carboxylic acids is 1. The second-order valence-electron chi connectivity index (χ2n) is 5.25. The zero-order valence-electron chi connectivity index (χ0n) is 13.0. The van der Waals surface area contributed by atoms with E-state index in [1.807, 2.05) is 26.8 Å². The van der Waals surface area contributed by atoms with Crippen LogP contribution in [0.25, 0.3) is 0 Å². The van der Waals surface area contributed by atoms with Gasteiger partial charge in [-0.15, -0.1) is 0 Å². The molecular formula is C17H20N2O3. The lowest BCUT2D eigenvalue weighted by molar-refractivity contribution is -0.136. The zero-order valence-corrected chi connectivity index (χ0v) is 13.0. The van der Waals surface area contributed by atoms with Gasteiger partial charge in [-0.3, -0.25) is 9.59 Å². The fourth-order valence-electron chi connectivity index (χ4n) is 2.65. The van der Waals surface area contributed by atoms with Gasteiger partial charge in [0.05, 0.1) is 12.0 Å². The van der Waals surface area contributed by atoms with E-state index in [9.17, 15) is 9.59 Å². The van der Waals surface area contributed by atoms with Gasteiger partial charge in [-0.1, -0.05) is 12.1 Å². The molecule has 0 unspecified atom stereocenters. The van der Waals surface area contributed by atoms with Gasteiger partial charge >= 0.3 is 5.97 Å². The maximum absolute atomic E-state index is 12.4. The number of aliphatic carboxylic acids is 1. The average molecular weight is 300 g/mol. The average Bonchev–Trinajstić information content (AvgIpc) is 2.73. The summed E-state index contributed by atoms with van der Waals surface area (Å²) in [4.78, 5) is 23.2. The number of nitrogens with zero attached hydrogens (tertiary/aromatic N) is 1. The van der Waals surface area contributed by atoms with E-state index in [2.05, 4.69) is 9.88 Å². The van der Waals surface area contributed by atoms with Crippen LogP contribution in [-0.2, 0) is 17.8 Å². The van der Waals surface area contributed by atoms with Gasteiger partial charge in [0, 0.05) is 23.6 Å². The van der Waals surface area contributed by atoms with E-state index in [1.165, 1.54) is 0 Å². The predicted octanol–water partition coefficient (Wildman–Crippen LogP) is 3.00. The first-order valence-electron chi connectivity index (χ1n) is 7.21. The molecule has 5 nitrogen and oxygen atoms in total. The summed E-state index contributed by atoms with van der Waals surface area (Å²) in [6.45, 7) is 6.75. The van der Waals surface area contributed by atoms with Crippen molar-refractivity contribution in [1.29, 1.82) is 0 Å². The molecule has 5 heteroatoms. The molecule has 2 aromatic rings. The fourth-order valence-corrected chi connectivity index (χ4v) is 2.65. The summed E-state index contributed by atoms with van der Waals surface area (Å²) < 4.78 is 2.08. The normalized spacial score (nSPS) is 10.5. The van der Waals surface area contributed by atoms with Crippen LogP contribution in [0, 0.1) is 13.8 Å². The van der Waals surface area contributed by atoms with Crippen molar-refractivity contribution >= 4 is 17.6 Å². The number of hydrogen-bond donors (Lipinski definition) is 2. The monoisotopic (exact) mass is 300 g/mol. The Morgan fingerprint density at radius 1 is 1.23 bits per heavy atom. The first-order valence-corrected chi connectivity index (χ1v) is 7.21. The number of hydrogen-bond acceptors (Lipinski definition) is 2. The Hall–Kier alpha value is -2.56. The van der Waals surface area contributed by atoms with E-state index in [0.717, 1.165) is 17.9 Å². The third-order valence-electron chi connectivity index (χ3n) is 3.67. The molecule has 1 aromatic heterocycles. The number of rotatable bonds is 5. The molecule has 0 saturated heterocycles. The highest BCUT2D eigenvalue weighted by molar-refractivity contribution is 6.05. The Bertz CT molecular complexity index is 717. The van der Waals surface area contributed by atoms with Crippen LogP contribution >= 0.6 is 0 Å². The van der Waals surface area contributed by atoms with E-state index in [0.29, 0.717) is 16.8 Å². The second-order valence-corrected chi connectivity index (χ2v) is 5.25. The molecule has 0 radical (unpaired) electrons. The van der Waals surface area contributed by atoms with Crippen LogP contribution in [0.3, 0.4) is 0 Å². The summed E-state index contributed by atoms with van der Waals surface area (Å²) in [5, 5.41) is 11.7. The van der Waals surface area contributed by atoms with Crippen LogP contribution in [0.5, 0.6) is 0 Å². The van der Waals surface area contributed by atoms with Gasteiger partial charge in [0.15, 0.2) is 0 Å². The summed E-state index contributed by atoms with van der Waals surface area (Å²) in [6.07, 6.45) is -0.0615. The molecule has 1 heterocycles. The highest BCUT2D eigenvalue weighted by Gasteiger charge is 2.15. The molecule has 0 aliphatic carbocycles. The van der Waals surface area contributed by atoms with Gasteiger partial charge < -0.3 is 15.0 Å². The quantitative estimate of drug-likeness (QED) is 0.891. The van der Waals surface area contributed by atoms with Gasteiger partial charge in [-0.05, 0) is 44.5 Å². The van der Waals surface area contributed by atoms with Gasteiger partial charge in [0.1, 0.15) is 0 Å². The SMILES string of the molecule is CCn1c(C)cc(C(=O)Nc2cccc(CC(=O)O)c2)c1C. The van der Waals surface area contributed by atoms with Crippen molar-refractivity contribution in [2.45, 2.75) is 33.7 Å². The molecule has 0 saturated carbocycles. The number of amides is 1. The molecule has 0 fully saturated rings. The highest BCUT2D eigenvalue weighted by atomic mass is 16.4. The van der Waals surface area contributed by atoms with Crippen molar-refractivity contribution in [2.75, 3.05) is 5.32 Å². The van der Waals surface area contributed by atoms with E-state index >= 15 is 0 Å². The minimum absolute atomic E-state index is 0.0615. The minimum Gasteiger partial charge on any atom is -0.481 e. The molecule has 2 N–H and O–H groups in total. The number of aryl methyl sites for hydroxylation is 1. The number of anilines is 1. The van der Waals surface area contributed by atoms with Gasteiger partial charge in [-0.2, -0.15) is 0 Å². The molecule has 0 atom stereocenters. The standard InChI is InChI=1S/C17H20N2O3/c1-4-19-11(2)8-15(12(19)3)17(22)18-14-7-5-6-13(9-14)10-16(20)21/h5-9H,4,10H2,1-3H3,(H,18,22)(H,20,21). The van der Waals surface area contributed by atoms with Crippen LogP contribution in [0.1, 0.15) is 34.2 Å². The molecule has 116 valence electrons. The first kappa shape index (κ1) is 15.8. The van der Waals surface area contributed by atoms with Gasteiger partial charge in [-0.25, -0.2) is 0 Å². The van der Waals surface area contributed by atoms with Crippen molar-refractivity contribution in [3.63, 3.8) is 0 Å². The molecule has 0 aliphatic rings. The van der Waals surface area contributed by atoms with Gasteiger partial charge in [0.2, 0.25) is 0 Å². The maximum Gasteiger partial charge on any atom is 0.307 e. The molecule has 0 spiro atoms. The van der Waals surface area contributed by atoms with E-state index in [4.69, 9.17) is 5.11 Å². The van der Waals surface area contributed by atoms with Crippen LogP contribution in [0.15, 0.2) is 30.3 Å². The van der Waals surface area contributed by atoms with Crippen molar-refractivity contribution in [1.82, 2.24) is 4.57 Å². The smallest absolute Gasteiger partial charge is 0.307 e.